The second-order valence-corrected chi connectivity index (χ2v) is 6.11. The van der Waals surface area contributed by atoms with Gasteiger partial charge in [0.15, 0.2) is 0 Å². The summed E-state index contributed by atoms with van der Waals surface area (Å²) in [6, 6.07) is 5.23. The van der Waals surface area contributed by atoms with Gasteiger partial charge in [0.25, 0.3) is 0 Å². The molecular weight excluding hydrogens is 279 g/mol. The molecule has 21 heavy (non-hydrogen) atoms. The Kier molecular flexibility index (Phi) is 4.30. The molecule has 3 atom stereocenters. The molecule has 2 rings (SSSR count). The molecule has 1 aliphatic rings. The van der Waals surface area contributed by atoms with Gasteiger partial charge in [0, 0.05) is 12.0 Å². The minimum absolute atomic E-state index is 0.00102. The number of alkyl halides is 3. The van der Waals surface area contributed by atoms with Crippen LogP contribution in [0.4, 0.5) is 13.2 Å². The van der Waals surface area contributed by atoms with Crippen molar-refractivity contribution in [3.63, 3.8) is 0 Å². The standard InChI is InChI=1S/C16H20F3NO/c1-9(2)10(3)20-15(21)14-8-13(14)11-4-6-12(7-5-11)16(17,18)19/h4-7,9-10,13-14H,8H2,1-3H3,(H,20,21). The van der Waals surface area contributed by atoms with Crippen LogP contribution < -0.4 is 5.32 Å². The number of hydrogen-bond donors (Lipinski definition) is 1. The molecule has 0 aromatic heterocycles. The smallest absolute Gasteiger partial charge is 0.353 e. The lowest BCUT2D eigenvalue weighted by Crippen LogP contribution is -2.37. The van der Waals surface area contributed by atoms with Crippen LogP contribution in [0.15, 0.2) is 24.3 Å². The Morgan fingerprint density at radius 1 is 1.19 bits per heavy atom. The average molecular weight is 299 g/mol. The summed E-state index contributed by atoms with van der Waals surface area (Å²) in [7, 11) is 0. The highest BCUT2D eigenvalue weighted by Gasteiger charge is 2.44. The van der Waals surface area contributed by atoms with Crippen molar-refractivity contribution in [2.24, 2.45) is 11.8 Å². The second kappa shape index (κ2) is 5.70. The molecule has 2 nitrogen and oxygen atoms in total. The lowest BCUT2D eigenvalue weighted by molar-refractivity contribution is -0.137. The summed E-state index contributed by atoms with van der Waals surface area (Å²) in [5, 5.41) is 2.96. The van der Waals surface area contributed by atoms with Gasteiger partial charge in [-0.15, -0.1) is 0 Å². The van der Waals surface area contributed by atoms with Crippen molar-refractivity contribution >= 4 is 5.91 Å². The molecule has 1 aromatic rings. The van der Waals surface area contributed by atoms with Crippen molar-refractivity contribution in [1.82, 2.24) is 5.32 Å². The molecule has 0 spiro atoms. The summed E-state index contributed by atoms with van der Waals surface area (Å²) in [5.74, 6) is 0.299. The van der Waals surface area contributed by atoms with Crippen LogP contribution >= 0.6 is 0 Å². The van der Waals surface area contributed by atoms with E-state index in [-0.39, 0.29) is 23.8 Å². The molecule has 0 radical (unpaired) electrons. The molecule has 1 N–H and O–H groups in total. The van der Waals surface area contributed by atoms with E-state index in [1.807, 2.05) is 20.8 Å². The summed E-state index contributed by atoms with van der Waals surface area (Å²) < 4.78 is 37.5. The first-order valence-corrected chi connectivity index (χ1v) is 7.17. The second-order valence-electron chi connectivity index (χ2n) is 6.11. The molecule has 1 amide bonds. The summed E-state index contributed by atoms with van der Waals surface area (Å²) in [5.41, 5.74) is 0.154. The SMILES string of the molecule is CC(C)C(C)NC(=O)C1CC1c1ccc(C(F)(F)F)cc1. The number of carbonyl (C=O) groups excluding carboxylic acids is 1. The van der Waals surface area contributed by atoms with E-state index >= 15 is 0 Å². The Bertz CT molecular complexity index is 507. The molecule has 5 heteroatoms. The summed E-state index contributed by atoms with van der Waals surface area (Å²) >= 11 is 0. The fraction of sp³-hybridized carbons (Fsp3) is 0.562. The van der Waals surface area contributed by atoms with Crippen LogP contribution in [0.1, 0.15) is 44.2 Å². The first kappa shape index (κ1) is 15.9. The highest BCUT2D eigenvalue weighted by molar-refractivity contribution is 5.83. The van der Waals surface area contributed by atoms with Crippen LogP contribution in [0.5, 0.6) is 0 Å². The quantitative estimate of drug-likeness (QED) is 0.895. The van der Waals surface area contributed by atoms with Crippen molar-refractivity contribution < 1.29 is 18.0 Å². The Hall–Kier alpha value is -1.52. The number of amides is 1. The van der Waals surface area contributed by atoms with E-state index in [1.54, 1.807) is 0 Å². The van der Waals surface area contributed by atoms with Gasteiger partial charge < -0.3 is 5.32 Å². The van der Waals surface area contributed by atoms with Crippen LogP contribution in [0.3, 0.4) is 0 Å². The number of hydrogen-bond acceptors (Lipinski definition) is 1. The van der Waals surface area contributed by atoms with E-state index in [9.17, 15) is 18.0 Å². The van der Waals surface area contributed by atoms with Crippen LogP contribution in [0.25, 0.3) is 0 Å². The third kappa shape index (κ3) is 3.77. The van der Waals surface area contributed by atoms with Crippen molar-refractivity contribution in [2.75, 3.05) is 0 Å². The van der Waals surface area contributed by atoms with Crippen molar-refractivity contribution in [2.45, 2.75) is 45.3 Å². The van der Waals surface area contributed by atoms with E-state index in [1.165, 1.54) is 12.1 Å². The molecular formula is C16H20F3NO. The highest BCUT2D eigenvalue weighted by Crippen LogP contribution is 2.48. The molecule has 1 aliphatic carbocycles. The molecule has 0 heterocycles. The number of carbonyl (C=O) groups is 1. The number of rotatable bonds is 4. The summed E-state index contributed by atoms with van der Waals surface area (Å²) in [6.45, 7) is 6.02. The summed E-state index contributed by atoms with van der Waals surface area (Å²) in [6.07, 6.45) is -3.60. The largest absolute Gasteiger partial charge is 0.416 e. The molecule has 0 saturated heterocycles. The van der Waals surface area contributed by atoms with Crippen molar-refractivity contribution in [3.8, 4) is 0 Å². The van der Waals surface area contributed by atoms with E-state index in [2.05, 4.69) is 5.32 Å². The average Bonchev–Trinajstić information content (AvgIpc) is 3.18. The van der Waals surface area contributed by atoms with Gasteiger partial charge in [-0.05, 0) is 42.9 Å². The molecule has 116 valence electrons. The molecule has 0 aliphatic heterocycles. The monoisotopic (exact) mass is 299 g/mol. The van der Waals surface area contributed by atoms with E-state index in [4.69, 9.17) is 0 Å². The maximum atomic E-state index is 12.5. The molecule has 0 bridgehead atoms. The topological polar surface area (TPSA) is 29.1 Å². The first-order chi connectivity index (χ1) is 9.70. The number of nitrogens with one attached hydrogen (secondary N) is 1. The van der Waals surface area contributed by atoms with E-state index < -0.39 is 11.7 Å². The molecule has 1 saturated carbocycles. The normalized spacial score (nSPS) is 23.0. The van der Waals surface area contributed by atoms with E-state index in [0.717, 1.165) is 17.7 Å². The number of halogens is 3. The summed E-state index contributed by atoms with van der Waals surface area (Å²) in [4.78, 5) is 12.0. The lowest BCUT2D eigenvalue weighted by atomic mass is 10.0. The minimum Gasteiger partial charge on any atom is -0.353 e. The Labute approximate surface area is 122 Å². The highest BCUT2D eigenvalue weighted by atomic mass is 19.4. The van der Waals surface area contributed by atoms with Crippen LogP contribution in [-0.2, 0) is 11.0 Å². The van der Waals surface area contributed by atoms with Gasteiger partial charge in [0.2, 0.25) is 5.91 Å². The fourth-order valence-corrected chi connectivity index (χ4v) is 2.27. The van der Waals surface area contributed by atoms with Gasteiger partial charge in [-0.2, -0.15) is 13.2 Å². The van der Waals surface area contributed by atoms with Gasteiger partial charge >= 0.3 is 6.18 Å². The zero-order valence-corrected chi connectivity index (χ0v) is 12.4. The van der Waals surface area contributed by atoms with Crippen molar-refractivity contribution in [1.29, 1.82) is 0 Å². The number of benzene rings is 1. The van der Waals surface area contributed by atoms with Gasteiger partial charge in [0.1, 0.15) is 0 Å². The van der Waals surface area contributed by atoms with Crippen LogP contribution in [0.2, 0.25) is 0 Å². The van der Waals surface area contributed by atoms with Crippen molar-refractivity contribution in [3.05, 3.63) is 35.4 Å². The third-order valence-corrected chi connectivity index (χ3v) is 4.16. The Balaban J connectivity index is 1.95. The van der Waals surface area contributed by atoms with Gasteiger partial charge in [-0.3, -0.25) is 4.79 Å². The maximum Gasteiger partial charge on any atom is 0.416 e. The maximum absolute atomic E-state index is 12.5. The zero-order chi connectivity index (χ0) is 15.8. The predicted octanol–water partition coefficient (Wildman–Crippen LogP) is 3.97. The first-order valence-electron chi connectivity index (χ1n) is 7.17. The Morgan fingerprint density at radius 2 is 1.76 bits per heavy atom. The van der Waals surface area contributed by atoms with Gasteiger partial charge in [-0.25, -0.2) is 0 Å². The molecule has 3 unspecified atom stereocenters. The Morgan fingerprint density at radius 3 is 2.24 bits per heavy atom. The van der Waals surface area contributed by atoms with Crippen LogP contribution in [-0.4, -0.2) is 11.9 Å². The molecule has 1 fully saturated rings. The van der Waals surface area contributed by atoms with E-state index in [0.29, 0.717) is 12.3 Å². The predicted molar refractivity (Wildman–Crippen MR) is 74.7 cm³/mol. The lowest BCUT2D eigenvalue weighted by Gasteiger charge is -2.17. The van der Waals surface area contributed by atoms with Crippen LogP contribution in [0, 0.1) is 11.8 Å². The van der Waals surface area contributed by atoms with Gasteiger partial charge in [-0.1, -0.05) is 26.0 Å². The molecule has 1 aromatic carbocycles. The van der Waals surface area contributed by atoms with Gasteiger partial charge in [0.05, 0.1) is 5.56 Å². The fourth-order valence-electron chi connectivity index (χ4n) is 2.27. The minimum atomic E-state index is -4.31. The third-order valence-electron chi connectivity index (χ3n) is 4.16. The zero-order valence-electron chi connectivity index (χ0n) is 12.4.